The van der Waals surface area contributed by atoms with Crippen molar-refractivity contribution in [3.05, 3.63) is 75.5 Å². The van der Waals surface area contributed by atoms with E-state index in [4.69, 9.17) is 9.47 Å². The molecule has 1 atom stereocenters. The molecular formula is C23H27N7O5. The Morgan fingerprint density at radius 2 is 2.00 bits per heavy atom. The van der Waals surface area contributed by atoms with Gasteiger partial charge in [-0.25, -0.2) is 14.5 Å². The van der Waals surface area contributed by atoms with E-state index < -0.39 is 17.4 Å². The second-order valence-corrected chi connectivity index (χ2v) is 8.13. The number of aliphatic hydroxyl groups is 1. The number of allylic oxidation sites excluding steroid dienone is 1. The Morgan fingerprint density at radius 1 is 1.20 bits per heavy atom. The number of hydrogen-bond acceptors (Lipinski definition) is 8. The fourth-order valence-corrected chi connectivity index (χ4v) is 3.77. The summed E-state index contributed by atoms with van der Waals surface area (Å²) in [5.74, 6) is 1.11. The lowest BCUT2D eigenvalue weighted by molar-refractivity contribution is 0.0874. The van der Waals surface area contributed by atoms with Gasteiger partial charge in [0.2, 0.25) is 0 Å². The Hall–Kier alpha value is -4.19. The SMILES string of the molecule is C=CCc1ccc(OCC(O)Cn2cc(Cn3cnc4c3c(=O)n(C)c(=O)n4C)nn2)c(OC)c1. The van der Waals surface area contributed by atoms with Crippen LogP contribution in [0.5, 0.6) is 11.5 Å². The smallest absolute Gasteiger partial charge is 0.332 e. The van der Waals surface area contributed by atoms with E-state index in [-0.39, 0.29) is 19.7 Å². The van der Waals surface area contributed by atoms with E-state index >= 15 is 0 Å². The number of aliphatic hydroxyl groups excluding tert-OH is 1. The molecule has 0 saturated heterocycles. The summed E-state index contributed by atoms with van der Waals surface area (Å²) in [6.07, 6.45) is 4.84. The minimum atomic E-state index is -0.849. The number of rotatable bonds is 10. The number of benzene rings is 1. The van der Waals surface area contributed by atoms with E-state index in [1.165, 1.54) is 22.6 Å². The lowest BCUT2D eigenvalue weighted by Gasteiger charge is -2.15. The van der Waals surface area contributed by atoms with Crippen LogP contribution in [0.3, 0.4) is 0 Å². The van der Waals surface area contributed by atoms with Crippen LogP contribution < -0.4 is 20.7 Å². The van der Waals surface area contributed by atoms with Crippen molar-refractivity contribution in [3.63, 3.8) is 0 Å². The topological polar surface area (TPSA) is 131 Å². The molecule has 3 heterocycles. The third kappa shape index (κ3) is 4.87. The lowest BCUT2D eigenvalue weighted by atomic mass is 10.1. The van der Waals surface area contributed by atoms with Gasteiger partial charge < -0.3 is 19.1 Å². The Morgan fingerprint density at radius 3 is 2.74 bits per heavy atom. The van der Waals surface area contributed by atoms with E-state index in [1.807, 2.05) is 18.2 Å². The highest BCUT2D eigenvalue weighted by Crippen LogP contribution is 2.28. The molecule has 12 nitrogen and oxygen atoms in total. The highest BCUT2D eigenvalue weighted by Gasteiger charge is 2.16. The van der Waals surface area contributed by atoms with Crippen molar-refractivity contribution in [3.8, 4) is 11.5 Å². The summed E-state index contributed by atoms with van der Waals surface area (Å²) in [6, 6.07) is 5.59. The fraction of sp³-hybridized carbons (Fsp3) is 0.348. The molecule has 0 spiro atoms. The molecule has 4 aromatic rings. The largest absolute Gasteiger partial charge is 0.493 e. The normalized spacial score (nSPS) is 12.1. The van der Waals surface area contributed by atoms with Gasteiger partial charge in [0.15, 0.2) is 22.7 Å². The minimum Gasteiger partial charge on any atom is -0.493 e. The standard InChI is InChI=1S/C23H27N7O5/c1-5-6-15-7-8-18(19(9-15)34-4)35-13-17(31)12-30-11-16(25-26-30)10-29-14-24-21-20(29)22(32)28(3)23(33)27(21)2/h5,7-9,11,14,17,31H,1,6,10,12-13H2,2-4H3. The van der Waals surface area contributed by atoms with Crippen LogP contribution in [0.4, 0.5) is 0 Å². The molecule has 0 bridgehead atoms. The Bertz CT molecular complexity index is 1480. The molecule has 3 aromatic heterocycles. The minimum absolute atomic E-state index is 0.0303. The molecule has 0 radical (unpaired) electrons. The quantitative estimate of drug-likeness (QED) is 0.319. The van der Waals surface area contributed by atoms with E-state index in [0.717, 1.165) is 16.6 Å². The summed E-state index contributed by atoms with van der Waals surface area (Å²) in [6.45, 7) is 4.15. The number of hydrogen-bond donors (Lipinski definition) is 1. The second kappa shape index (κ2) is 9.97. The third-order valence-corrected chi connectivity index (χ3v) is 5.57. The second-order valence-electron chi connectivity index (χ2n) is 8.13. The first kappa shape index (κ1) is 24.0. The number of ether oxygens (including phenoxy) is 2. The number of fused-ring (bicyclic) bond motifs is 1. The molecule has 184 valence electrons. The van der Waals surface area contributed by atoms with Gasteiger partial charge >= 0.3 is 5.69 Å². The maximum atomic E-state index is 12.6. The zero-order valence-corrected chi connectivity index (χ0v) is 19.8. The van der Waals surface area contributed by atoms with Gasteiger partial charge in [0, 0.05) is 14.1 Å². The van der Waals surface area contributed by atoms with E-state index in [2.05, 4.69) is 21.9 Å². The average Bonchev–Trinajstić information content (AvgIpc) is 3.47. The maximum Gasteiger partial charge on any atom is 0.332 e. The van der Waals surface area contributed by atoms with Crippen molar-refractivity contribution in [2.75, 3.05) is 13.7 Å². The first-order valence-corrected chi connectivity index (χ1v) is 10.9. The molecule has 1 aromatic carbocycles. The van der Waals surface area contributed by atoms with Crippen LogP contribution in [0.25, 0.3) is 11.2 Å². The first-order valence-electron chi connectivity index (χ1n) is 10.9. The van der Waals surface area contributed by atoms with Crippen molar-refractivity contribution < 1.29 is 14.6 Å². The lowest BCUT2D eigenvalue weighted by Crippen LogP contribution is -2.37. The summed E-state index contributed by atoms with van der Waals surface area (Å²) in [5.41, 5.74) is 1.32. The van der Waals surface area contributed by atoms with Crippen molar-refractivity contribution in [1.82, 2.24) is 33.7 Å². The van der Waals surface area contributed by atoms with Crippen LogP contribution in [-0.2, 0) is 33.6 Å². The molecule has 0 amide bonds. The Kier molecular flexibility index (Phi) is 6.82. The zero-order valence-electron chi connectivity index (χ0n) is 19.8. The van der Waals surface area contributed by atoms with Gasteiger partial charge in [-0.05, 0) is 24.1 Å². The van der Waals surface area contributed by atoms with E-state index in [1.54, 1.807) is 31.0 Å². The molecule has 12 heteroatoms. The number of aryl methyl sites for hydroxylation is 1. The molecule has 0 aliphatic heterocycles. The van der Waals surface area contributed by atoms with Crippen LogP contribution >= 0.6 is 0 Å². The van der Waals surface area contributed by atoms with Crippen LogP contribution in [0.1, 0.15) is 11.3 Å². The summed E-state index contributed by atoms with van der Waals surface area (Å²) in [5, 5.41) is 18.6. The zero-order chi connectivity index (χ0) is 25.1. The van der Waals surface area contributed by atoms with Crippen molar-refractivity contribution in [1.29, 1.82) is 0 Å². The van der Waals surface area contributed by atoms with Crippen LogP contribution in [0.2, 0.25) is 0 Å². The molecule has 0 aliphatic carbocycles. The number of imidazole rings is 1. The van der Waals surface area contributed by atoms with Gasteiger partial charge in [-0.15, -0.1) is 11.7 Å². The third-order valence-electron chi connectivity index (χ3n) is 5.57. The molecule has 35 heavy (non-hydrogen) atoms. The highest BCUT2D eigenvalue weighted by molar-refractivity contribution is 5.70. The molecule has 0 aliphatic rings. The van der Waals surface area contributed by atoms with Gasteiger partial charge in [-0.3, -0.25) is 13.9 Å². The molecule has 1 N–H and O–H groups in total. The molecule has 4 rings (SSSR count). The summed E-state index contributed by atoms with van der Waals surface area (Å²) < 4.78 is 16.6. The summed E-state index contributed by atoms with van der Waals surface area (Å²) in [4.78, 5) is 28.9. The van der Waals surface area contributed by atoms with Crippen LogP contribution in [0.15, 0.2) is 53.0 Å². The number of methoxy groups -OCH3 is 1. The van der Waals surface area contributed by atoms with Gasteiger partial charge in [0.25, 0.3) is 5.56 Å². The van der Waals surface area contributed by atoms with Crippen LogP contribution in [0, 0.1) is 0 Å². The molecule has 1 unspecified atom stereocenters. The van der Waals surface area contributed by atoms with E-state index in [0.29, 0.717) is 28.4 Å². The molecule has 0 fully saturated rings. The summed E-state index contributed by atoms with van der Waals surface area (Å²) in [7, 11) is 4.55. The van der Waals surface area contributed by atoms with Crippen molar-refractivity contribution in [2.24, 2.45) is 14.1 Å². The van der Waals surface area contributed by atoms with E-state index in [9.17, 15) is 14.7 Å². The first-order chi connectivity index (χ1) is 16.8. The Labute approximate surface area is 200 Å². The molecular weight excluding hydrogens is 454 g/mol. The van der Waals surface area contributed by atoms with Gasteiger partial charge in [0.05, 0.1) is 32.7 Å². The number of nitrogens with zero attached hydrogens (tertiary/aromatic N) is 7. The van der Waals surface area contributed by atoms with Crippen molar-refractivity contribution >= 4 is 11.2 Å². The fourth-order valence-electron chi connectivity index (χ4n) is 3.77. The van der Waals surface area contributed by atoms with Gasteiger partial charge in [0.1, 0.15) is 18.4 Å². The average molecular weight is 482 g/mol. The van der Waals surface area contributed by atoms with Gasteiger partial charge in [-0.2, -0.15) is 0 Å². The summed E-state index contributed by atoms with van der Waals surface area (Å²) >= 11 is 0. The maximum absolute atomic E-state index is 12.6. The predicted octanol–water partition coefficient (Wildman–Crippen LogP) is 0.251. The number of aromatic nitrogens is 7. The van der Waals surface area contributed by atoms with Crippen LogP contribution in [-0.4, -0.2) is 58.6 Å². The molecule has 0 saturated carbocycles. The highest BCUT2D eigenvalue weighted by atomic mass is 16.5. The monoisotopic (exact) mass is 481 g/mol. The predicted molar refractivity (Wildman–Crippen MR) is 128 cm³/mol. The van der Waals surface area contributed by atoms with Crippen molar-refractivity contribution in [2.45, 2.75) is 25.6 Å². The Balaban J connectivity index is 1.41. The van der Waals surface area contributed by atoms with Gasteiger partial charge in [-0.1, -0.05) is 17.4 Å².